The lowest BCUT2D eigenvalue weighted by Gasteiger charge is -2.11. The number of hydrogen-bond acceptors (Lipinski definition) is 2. The smallest absolute Gasteiger partial charge is 0.416 e. The number of alkyl halides is 3. The summed E-state index contributed by atoms with van der Waals surface area (Å²) in [6.45, 7) is 0.529. The Morgan fingerprint density at radius 3 is 2.50 bits per heavy atom. The van der Waals surface area contributed by atoms with Gasteiger partial charge in [-0.15, -0.1) is 0 Å². The first-order valence-corrected chi connectivity index (χ1v) is 6.59. The molecule has 6 heteroatoms. The largest absolute Gasteiger partial charge is 0.496 e. The van der Waals surface area contributed by atoms with Gasteiger partial charge in [0.1, 0.15) is 11.6 Å². The van der Waals surface area contributed by atoms with Crippen molar-refractivity contribution in [1.82, 2.24) is 5.32 Å². The fourth-order valence-electron chi connectivity index (χ4n) is 2.08. The molecule has 2 aromatic rings. The highest BCUT2D eigenvalue weighted by atomic mass is 19.4. The van der Waals surface area contributed by atoms with E-state index in [4.69, 9.17) is 4.74 Å². The normalized spacial score (nSPS) is 11.5. The lowest BCUT2D eigenvalue weighted by atomic mass is 10.1. The highest BCUT2D eigenvalue weighted by Crippen LogP contribution is 2.29. The molecule has 2 rings (SSSR count). The summed E-state index contributed by atoms with van der Waals surface area (Å²) in [6.07, 6.45) is -4.36. The zero-order valence-electron chi connectivity index (χ0n) is 11.9. The van der Waals surface area contributed by atoms with Crippen molar-refractivity contribution in [1.29, 1.82) is 0 Å². The van der Waals surface area contributed by atoms with E-state index in [2.05, 4.69) is 5.32 Å². The molecule has 0 aliphatic carbocycles. The molecule has 0 amide bonds. The zero-order valence-corrected chi connectivity index (χ0v) is 11.9. The van der Waals surface area contributed by atoms with E-state index in [1.165, 1.54) is 31.4 Å². The standard InChI is InChI=1S/C16H15F4NO/c1-22-15-6-5-14(17)8-12(15)10-21-9-11-3-2-4-13(7-11)16(18,19)20/h2-8,21H,9-10H2,1H3. The highest BCUT2D eigenvalue weighted by Gasteiger charge is 2.30. The Kier molecular flexibility index (Phi) is 5.03. The van der Waals surface area contributed by atoms with Gasteiger partial charge < -0.3 is 10.1 Å². The molecule has 1 N–H and O–H groups in total. The Hall–Kier alpha value is -2.08. The number of nitrogens with one attached hydrogen (secondary N) is 1. The van der Waals surface area contributed by atoms with Crippen LogP contribution in [0.2, 0.25) is 0 Å². The van der Waals surface area contributed by atoms with Crippen LogP contribution in [0.4, 0.5) is 17.6 Å². The van der Waals surface area contributed by atoms with E-state index in [0.29, 0.717) is 16.9 Å². The van der Waals surface area contributed by atoms with Crippen molar-refractivity contribution < 1.29 is 22.3 Å². The molecule has 0 saturated carbocycles. The zero-order chi connectivity index (χ0) is 16.2. The van der Waals surface area contributed by atoms with Gasteiger partial charge >= 0.3 is 6.18 Å². The Bertz CT molecular complexity index is 640. The van der Waals surface area contributed by atoms with Crippen molar-refractivity contribution in [3.05, 3.63) is 65.0 Å². The molecule has 118 valence electrons. The van der Waals surface area contributed by atoms with Gasteiger partial charge in [-0.2, -0.15) is 13.2 Å². The molecule has 22 heavy (non-hydrogen) atoms. The van der Waals surface area contributed by atoms with Gasteiger partial charge in [0.15, 0.2) is 0 Å². The second-order valence-electron chi connectivity index (χ2n) is 4.76. The summed E-state index contributed by atoms with van der Waals surface area (Å²) >= 11 is 0. The van der Waals surface area contributed by atoms with Gasteiger partial charge in [0.25, 0.3) is 0 Å². The molecule has 2 aromatic carbocycles. The van der Waals surface area contributed by atoms with Crippen LogP contribution in [0.5, 0.6) is 5.75 Å². The number of ether oxygens (including phenoxy) is 1. The van der Waals surface area contributed by atoms with Crippen LogP contribution in [0.15, 0.2) is 42.5 Å². The molecule has 0 radical (unpaired) electrons. The number of rotatable bonds is 5. The summed E-state index contributed by atoms with van der Waals surface area (Å²) in [5.74, 6) is 0.134. The molecule has 0 aliphatic heterocycles. The number of halogens is 4. The summed E-state index contributed by atoms with van der Waals surface area (Å²) in [5, 5.41) is 2.98. The molecular weight excluding hydrogens is 298 g/mol. The van der Waals surface area contributed by atoms with Gasteiger partial charge in [-0.25, -0.2) is 4.39 Å². The Balaban J connectivity index is 2.01. The predicted octanol–water partition coefficient (Wildman–Crippen LogP) is 4.14. The van der Waals surface area contributed by atoms with Crippen LogP contribution < -0.4 is 10.1 Å². The lowest BCUT2D eigenvalue weighted by Crippen LogP contribution is -2.14. The Morgan fingerprint density at radius 1 is 1.05 bits per heavy atom. The maximum atomic E-state index is 13.2. The molecule has 0 aromatic heterocycles. The minimum absolute atomic E-state index is 0.240. The van der Waals surface area contributed by atoms with E-state index in [-0.39, 0.29) is 13.1 Å². The SMILES string of the molecule is COc1ccc(F)cc1CNCc1cccc(C(F)(F)F)c1. The molecule has 0 bridgehead atoms. The second kappa shape index (κ2) is 6.79. The summed E-state index contributed by atoms with van der Waals surface area (Å²) in [6, 6.07) is 9.21. The Labute approximate surface area is 125 Å². The quantitative estimate of drug-likeness (QED) is 0.838. The second-order valence-corrected chi connectivity index (χ2v) is 4.76. The van der Waals surface area contributed by atoms with Gasteiger partial charge in [0, 0.05) is 18.7 Å². The molecule has 0 saturated heterocycles. The molecule has 0 aliphatic rings. The van der Waals surface area contributed by atoms with E-state index in [0.717, 1.165) is 12.1 Å². The summed E-state index contributed by atoms with van der Waals surface area (Å²) in [4.78, 5) is 0. The fourth-order valence-corrected chi connectivity index (χ4v) is 2.08. The average Bonchev–Trinajstić information content (AvgIpc) is 2.47. The first kappa shape index (κ1) is 16.3. The minimum atomic E-state index is -4.36. The third-order valence-corrected chi connectivity index (χ3v) is 3.14. The van der Waals surface area contributed by atoms with Crippen molar-refractivity contribution in [3.63, 3.8) is 0 Å². The van der Waals surface area contributed by atoms with Crippen molar-refractivity contribution in [3.8, 4) is 5.75 Å². The fraction of sp³-hybridized carbons (Fsp3) is 0.250. The molecule has 2 nitrogen and oxygen atoms in total. The summed E-state index contributed by atoms with van der Waals surface area (Å²) < 4.78 is 56.2. The van der Waals surface area contributed by atoms with E-state index in [1.54, 1.807) is 6.07 Å². The summed E-state index contributed by atoms with van der Waals surface area (Å²) in [5.41, 5.74) is 0.426. The number of benzene rings is 2. The highest BCUT2D eigenvalue weighted by molar-refractivity contribution is 5.34. The van der Waals surface area contributed by atoms with Crippen LogP contribution in [0, 0.1) is 5.82 Å². The first-order chi connectivity index (χ1) is 10.4. The topological polar surface area (TPSA) is 21.3 Å². The van der Waals surface area contributed by atoms with Crippen molar-refractivity contribution in [2.24, 2.45) is 0 Å². The maximum absolute atomic E-state index is 13.2. The minimum Gasteiger partial charge on any atom is -0.496 e. The van der Waals surface area contributed by atoms with Crippen molar-refractivity contribution in [2.75, 3.05) is 7.11 Å². The van der Waals surface area contributed by atoms with E-state index >= 15 is 0 Å². The number of methoxy groups -OCH3 is 1. The lowest BCUT2D eigenvalue weighted by molar-refractivity contribution is -0.137. The van der Waals surface area contributed by atoms with E-state index in [9.17, 15) is 17.6 Å². The molecular formula is C16H15F4NO. The van der Waals surface area contributed by atoms with Crippen molar-refractivity contribution >= 4 is 0 Å². The van der Waals surface area contributed by atoms with Crippen LogP contribution in [-0.2, 0) is 19.3 Å². The van der Waals surface area contributed by atoms with Crippen LogP contribution in [-0.4, -0.2) is 7.11 Å². The van der Waals surface area contributed by atoms with Crippen LogP contribution in [0.3, 0.4) is 0 Å². The van der Waals surface area contributed by atoms with Gasteiger partial charge in [0.2, 0.25) is 0 Å². The average molecular weight is 313 g/mol. The first-order valence-electron chi connectivity index (χ1n) is 6.59. The van der Waals surface area contributed by atoms with Crippen LogP contribution in [0.25, 0.3) is 0 Å². The van der Waals surface area contributed by atoms with Crippen LogP contribution >= 0.6 is 0 Å². The van der Waals surface area contributed by atoms with Crippen LogP contribution in [0.1, 0.15) is 16.7 Å². The van der Waals surface area contributed by atoms with Gasteiger partial charge in [-0.3, -0.25) is 0 Å². The van der Waals surface area contributed by atoms with Crippen molar-refractivity contribution in [2.45, 2.75) is 19.3 Å². The third kappa shape index (κ3) is 4.21. The van der Waals surface area contributed by atoms with E-state index in [1.807, 2.05) is 0 Å². The maximum Gasteiger partial charge on any atom is 0.416 e. The van der Waals surface area contributed by atoms with Gasteiger partial charge in [-0.05, 0) is 29.8 Å². The third-order valence-electron chi connectivity index (χ3n) is 3.14. The van der Waals surface area contributed by atoms with E-state index < -0.39 is 17.6 Å². The molecule has 0 atom stereocenters. The molecule has 0 fully saturated rings. The molecule has 0 spiro atoms. The summed E-state index contributed by atoms with van der Waals surface area (Å²) in [7, 11) is 1.48. The number of hydrogen-bond donors (Lipinski definition) is 1. The monoisotopic (exact) mass is 313 g/mol. The van der Waals surface area contributed by atoms with Gasteiger partial charge in [0.05, 0.1) is 12.7 Å². The Morgan fingerprint density at radius 2 is 1.82 bits per heavy atom. The molecule has 0 unspecified atom stereocenters. The predicted molar refractivity (Wildman–Crippen MR) is 74.9 cm³/mol. The van der Waals surface area contributed by atoms with Gasteiger partial charge in [-0.1, -0.05) is 18.2 Å². The molecule has 0 heterocycles.